The maximum Gasteiger partial charge on any atom is 0.434 e. The van der Waals surface area contributed by atoms with Crippen molar-refractivity contribution in [2.24, 2.45) is 0 Å². The molecule has 0 aliphatic heterocycles. The van der Waals surface area contributed by atoms with E-state index in [-0.39, 0.29) is 5.69 Å². The SMILES string of the molecule is CNc1nc(Nc2ccccc2[N+](=O)[O-])nc(OC(C(F)(F)F)C(F)(F)F)n1. The van der Waals surface area contributed by atoms with Gasteiger partial charge in [0.15, 0.2) is 0 Å². The van der Waals surface area contributed by atoms with Crippen LogP contribution in [0, 0.1) is 10.1 Å². The molecular weight excluding hydrogens is 402 g/mol. The first kappa shape index (κ1) is 20.9. The van der Waals surface area contributed by atoms with Gasteiger partial charge in [0, 0.05) is 13.1 Å². The van der Waals surface area contributed by atoms with Crippen molar-refractivity contribution in [1.29, 1.82) is 0 Å². The predicted octanol–water partition coefficient (Wildman–Crippen LogP) is 3.44. The molecule has 1 aromatic heterocycles. The molecule has 2 N–H and O–H groups in total. The second-order valence-corrected chi connectivity index (χ2v) is 5.00. The van der Waals surface area contributed by atoms with Crippen molar-refractivity contribution >= 4 is 23.3 Å². The number of nitrogens with one attached hydrogen (secondary N) is 2. The van der Waals surface area contributed by atoms with Gasteiger partial charge in [0.25, 0.3) is 11.8 Å². The summed E-state index contributed by atoms with van der Waals surface area (Å²) in [6.45, 7) is 0. The van der Waals surface area contributed by atoms with E-state index in [1.807, 2.05) is 0 Å². The van der Waals surface area contributed by atoms with Crippen LogP contribution in [0.2, 0.25) is 0 Å². The molecule has 15 heteroatoms. The van der Waals surface area contributed by atoms with Crippen LogP contribution in [-0.4, -0.2) is 45.4 Å². The van der Waals surface area contributed by atoms with E-state index >= 15 is 0 Å². The summed E-state index contributed by atoms with van der Waals surface area (Å²) in [5.74, 6) is -1.01. The number of hydrogen-bond acceptors (Lipinski definition) is 8. The fourth-order valence-corrected chi connectivity index (χ4v) is 1.86. The number of nitro benzene ring substituents is 1. The average molecular weight is 412 g/mol. The minimum Gasteiger partial charge on any atom is -0.440 e. The lowest BCUT2D eigenvalue weighted by atomic mass is 10.3. The van der Waals surface area contributed by atoms with Crippen LogP contribution in [0.1, 0.15) is 0 Å². The Morgan fingerprint density at radius 3 is 2.14 bits per heavy atom. The summed E-state index contributed by atoms with van der Waals surface area (Å²) in [6.07, 6.45) is -15.7. The second-order valence-electron chi connectivity index (χ2n) is 5.00. The van der Waals surface area contributed by atoms with E-state index in [2.05, 4.69) is 30.3 Å². The summed E-state index contributed by atoms with van der Waals surface area (Å²) in [7, 11) is 1.23. The Bertz CT molecular complexity index is 845. The van der Waals surface area contributed by atoms with Gasteiger partial charge in [0.2, 0.25) is 11.9 Å². The van der Waals surface area contributed by atoms with Crippen molar-refractivity contribution in [3.63, 3.8) is 0 Å². The van der Waals surface area contributed by atoms with E-state index < -0.39 is 47.0 Å². The summed E-state index contributed by atoms with van der Waals surface area (Å²) >= 11 is 0. The number of rotatable bonds is 6. The third kappa shape index (κ3) is 5.08. The number of anilines is 3. The molecule has 0 fully saturated rings. The Morgan fingerprint density at radius 2 is 1.61 bits per heavy atom. The third-order valence-corrected chi connectivity index (χ3v) is 3.00. The number of halogens is 6. The molecule has 0 unspecified atom stereocenters. The number of nitro groups is 1. The van der Waals surface area contributed by atoms with Crippen molar-refractivity contribution in [3.8, 4) is 6.01 Å². The molecule has 2 rings (SSSR count). The molecule has 0 saturated heterocycles. The van der Waals surface area contributed by atoms with Crippen molar-refractivity contribution in [2.45, 2.75) is 18.5 Å². The first-order chi connectivity index (χ1) is 12.9. The van der Waals surface area contributed by atoms with Gasteiger partial charge in [-0.1, -0.05) is 12.1 Å². The molecule has 1 aromatic carbocycles. The highest BCUT2D eigenvalue weighted by Crippen LogP contribution is 2.36. The second kappa shape index (κ2) is 7.69. The zero-order chi connectivity index (χ0) is 21.1. The summed E-state index contributed by atoms with van der Waals surface area (Å²) in [6, 6.07) is 3.80. The summed E-state index contributed by atoms with van der Waals surface area (Å²) in [4.78, 5) is 20.5. The van der Waals surface area contributed by atoms with Gasteiger partial charge in [-0.05, 0) is 6.07 Å². The van der Waals surface area contributed by atoms with Crippen LogP contribution in [0.4, 0.5) is 49.6 Å². The molecule has 0 aliphatic carbocycles. The molecule has 9 nitrogen and oxygen atoms in total. The minimum absolute atomic E-state index is 0.158. The smallest absolute Gasteiger partial charge is 0.434 e. The number of aromatic nitrogens is 3. The lowest BCUT2D eigenvalue weighted by Gasteiger charge is -2.22. The summed E-state index contributed by atoms with van der Waals surface area (Å²) in [5, 5.41) is 15.6. The molecule has 0 bridgehead atoms. The van der Waals surface area contributed by atoms with E-state index in [4.69, 9.17) is 0 Å². The van der Waals surface area contributed by atoms with Gasteiger partial charge in [-0.2, -0.15) is 41.3 Å². The zero-order valence-electron chi connectivity index (χ0n) is 13.7. The average Bonchev–Trinajstić information content (AvgIpc) is 2.57. The molecule has 152 valence electrons. The Morgan fingerprint density at radius 1 is 1.04 bits per heavy atom. The van der Waals surface area contributed by atoms with Gasteiger partial charge in [-0.3, -0.25) is 10.1 Å². The fraction of sp³-hybridized carbons (Fsp3) is 0.308. The fourth-order valence-electron chi connectivity index (χ4n) is 1.86. The van der Waals surface area contributed by atoms with Gasteiger partial charge in [0.1, 0.15) is 5.69 Å². The van der Waals surface area contributed by atoms with E-state index in [1.54, 1.807) is 0 Å². The van der Waals surface area contributed by atoms with Crippen LogP contribution < -0.4 is 15.4 Å². The number of nitrogens with zero attached hydrogens (tertiary/aromatic N) is 4. The largest absolute Gasteiger partial charge is 0.440 e. The zero-order valence-corrected chi connectivity index (χ0v) is 13.7. The van der Waals surface area contributed by atoms with Crippen LogP contribution >= 0.6 is 0 Å². The third-order valence-electron chi connectivity index (χ3n) is 3.00. The normalized spacial score (nSPS) is 12.0. The van der Waals surface area contributed by atoms with Gasteiger partial charge in [-0.15, -0.1) is 0 Å². The van der Waals surface area contributed by atoms with Crippen molar-refractivity contribution in [3.05, 3.63) is 34.4 Å². The standard InChI is InChI=1S/C13H10F6N6O3/c1-20-9-22-10(21-6-4-2-3-5-7(6)25(26)27)24-11(23-9)28-8(12(14,15)16)13(17,18)19/h2-5,8H,1H3,(H2,20,21,22,23,24). The van der Waals surface area contributed by atoms with Crippen LogP contribution in [0.25, 0.3) is 0 Å². The quantitative estimate of drug-likeness (QED) is 0.421. The van der Waals surface area contributed by atoms with E-state index in [0.29, 0.717) is 0 Å². The lowest BCUT2D eigenvalue weighted by molar-refractivity contribution is -0.383. The van der Waals surface area contributed by atoms with Gasteiger partial charge in [-0.25, -0.2) is 0 Å². The summed E-state index contributed by atoms with van der Waals surface area (Å²) in [5.41, 5.74) is -0.588. The van der Waals surface area contributed by atoms with Crippen LogP contribution in [0.15, 0.2) is 24.3 Å². The topological polar surface area (TPSA) is 115 Å². The molecule has 0 aliphatic rings. The van der Waals surface area contributed by atoms with E-state index in [1.165, 1.54) is 25.2 Å². The highest BCUT2D eigenvalue weighted by atomic mass is 19.4. The monoisotopic (exact) mass is 412 g/mol. The van der Waals surface area contributed by atoms with Crippen molar-refractivity contribution in [2.75, 3.05) is 17.7 Å². The minimum atomic E-state index is -5.78. The van der Waals surface area contributed by atoms with Gasteiger partial charge < -0.3 is 15.4 Å². The Balaban J connectivity index is 2.41. The molecule has 1 heterocycles. The first-order valence-electron chi connectivity index (χ1n) is 7.16. The Labute approximate surface area is 151 Å². The number of alkyl halides is 6. The molecule has 28 heavy (non-hydrogen) atoms. The maximum atomic E-state index is 12.7. The van der Waals surface area contributed by atoms with E-state index in [9.17, 15) is 36.5 Å². The molecule has 2 aromatic rings. The van der Waals surface area contributed by atoms with Gasteiger partial charge >= 0.3 is 18.4 Å². The highest BCUT2D eigenvalue weighted by Gasteiger charge is 2.59. The molecular formula is C13H10F6N6O3. The van der Waals surface area contributed by atoms with Crippen molar-refractivity contribution in [1.82, 2.24) is 15.0 Å². The highest BCUT2D eigenvalue weighted by molar-refractivity contribution is 5.66. The van der Waals surface area contributed by atoms with E-state index in [0.717, 1.165) is 6.07 Å². The number of hydrogen-bond donors (Lipinski definition) is 2. The van der Waals surface area contributed by atoms with Gasteiger partial charge in [0.05, 0.1) is 4.92 Å². The van der Waals surface area contributed by atoms with Crippen molar-refractivity contribution < 1.29 is 36.0 Å². The molecule has 0 saturated carbocycles. The molecule has 0 amide bonds. The Kier molecular flexibility index (Phi) is 5.75. The van der Waals surface area contributed by atoms with Crippen LogP contribution in [0.5, 0.6) is 6.01 Å². The number of para-hydroxylation sites is 2. The maximum absolute atomic E-state index is 12.7. The summed E-state index contributed by atoms with van der Waals surface area (Å²) < 4.78 is 79.8. The van der Waals surface area contributed by atoms with Crippen LogP contribution in [0.3, 0.4) is 0 Å². The molecule has 0 radical (unpaired) electrons. The number of benzene rings is 1. The predicted molar refractivity (Wildman–Crippen MR) is 82.3 cm³/mol. The molecule has 0 atom stereocenters. The molecule has 0 spiro atoms. The Hall–Kier alpha value is -3.39. The van der Waals surface area contributed by atoms with Crippen LogP contribution in [-0.2, 0) is 0 Å². The lowest BCUT2D eigenvalue weighted by Crippen LogP contribution is -2.46. The first-order valence-corrected chi connectivity index (χ1v) is 7.16. The number of ether oxygens (including phenoxy) is 1.